The Labute approximate surface area is 212 Å². The summed E-state index contributed by atoms with van der Waals surface area (Å²) < 4.78 is 0. The van der Waals surface area contributed by atoms with Gasteiger partial charge in [0, 0.05) is 26.1 Å². The van der Waals surface area contributed by atoms with Crippen molar-refractivity contribution in [3.63, 3.8) is 0 Å². The van der Waals surface area contributed by atoms with Crippen LogP contribution in [0.5, 0.6) is 0 Å². The van der Waals surface area contributed by atoms with Gasteiger partial charge in [-0.1, -0.05) is 60.2 Å². The smallest absolute Gasteiger partial charge is 0.320 e. The van der Waals surface area contributed by atoms with Crippen LogP contribution in [0.1, 0.15) is 38.7 Å². The van der Waals surface area contributed by atoms with E-state index in [2.05, 4.69) is 21.3 Å². The van der Waals surface area contributed by atoms with Gasteiger partial charge >= 0.3 is 12.0 Å². The van der Waals surface area contributed by atoms with Crippen molar-refractivity contribution < 1.29 is 24.3 Å². The Morgan fingerprint density at radius 3 is 2.31 bits per heavy atom. The SMILES string of the molecule is Cc1ccc(C(CNC(=O)CCNC(=O)c2ccc(NC(=O)NCc3ccccc3)s2)C(=O)O)cc1. The van der Waals surface area contributed by atoms with Gasteiger partial charge in [0.2, 0.25) is 5.91 Å². The zero-order chi connectivity index (χ0) is 25.9. The molecule has 1 atom stereocenters. The topological polar surface area (TPSA) is 137 Å². The molecular formula is C26H28N4O5S. The number of amides is 4. The molecule has 1 heterocycles. The number of benzene rings is 2. The van der Waals surface area contributed by atoms with Gasteiger partial charge in [0.1, 0.15) is 0 Å². The normalized spacial score (nSPS) is 11.2. The third-order valence-electron chi connectivity index (χ3n) is 5.28. The van der Waals surface area contributed by atoms with Crippen LogP contribution in [-0.2, 0) is 16.1 Å². The maximum Gasteiger partial charge on any atom is 0.320 e. The quantitative estimate of drug-likeness (QED) is 0.270. The van der Waals surface area contributed by atoms with Gasteiger partial charge in [0.15, 0.2) is 0 Å². The van der Waals surface area contributed by atoms with Gasteiger partial charge in [-0.05, 0) is 30.2 Å². The summed E-state index contributed by atoms with van der Waals surface area (Å²) in [5.41, 5.74) is 2.59. The third kappa shape index (κ3) is 8.24. The Balaban J connectivity index is 1.38. The second-order valence-electron chi connectivity index (χ2n) is 8.07. The number of carboxylic acid groups (broad SMARTS) is 1. The first-order valence-electron chi connectivity index (χ1n) is 11.3. The first kappa shape index (κ1) is 26.4. The molecule has 36 heavy (non-hydrogen) atoms. The summed E-state index contributed by atoms with van der Waals surface area (Å²) in [6.45, 7) is 2.33. The number of thiophene rings is 1. The number of nitrogens with one attached hydrogen (secondary N) is 4. The monoisotopic (exact) mass is 508 g/mol. The molecule has 0 saturated carbocycles. The molecular weight excluding hydrogens is 480 g/mol. The number of rotatable bonds is 11. The maximum atomic E-state index is 12.4. The molecule has 9 nitrogen and oxygen atoms in total. The minimum Gasteiger partial charge on any atom is -0.481 e. The molecule has 0 aliphatic rings. The van der Waals surface area contributed by atoms with Crippen molar-refractivity contribution in [1.29, 1.82) is 0 Å². The summed E-state index contributed by atoms with van der Waals surface area (Å²) in [5, 5.41) is 20.7. The van der Waals surface area contributed by atoms with Gasteiger partial charge < -0.3 is 21.1 Å². The Kier molecular flexibility index (Phi) is 9.58. The average Bonchev–Trinajstić information content (AvgIpc) is 3.33. The highest BCUT2D eigenvalue weighted by molar-refractivity contribution is 7.18. The molecule has 0 fully saturated rings. The van der Waals surface area contributed by atoms with Gasteiger partial charge in [0.25, 0.3) is 5.91 Å². The number of hydrogen-bond acceptors (Lipinski definition) is 5. The van der Waals surface area contributed by atoms with Gasteiger partial charge in [-0.15, -0.1) is 11.3 Å². The molecule has 2 aromatic carbocycles. The molecule has 3 rings (SSSR count). The molecule has 1 unspecified atom stereocenters. The molecule has 1 aromatic heterocycles. The zero-order valence-corrected chi connectivity index (χ0v) is 20.6. The van der Waals surface area contributed by atoms with E-state index in [0.717, 1.165) is 22.5 Å². The number of carboxylic acids is 1. The zero-order valence-electron chi connectivity index (χ0n) is 19.7. The predicted molar refractivity (Wildman–Crippen MR) is 138 cm³/mol. The van der Waals surface area contributed by atoms with Crippen molar-refractivity contribution in [2.75, 3.05) is 18.4 Å². The minimum absolute atomic E-state index is 0.00432. The number of anilines is 1. The Bertz CT molecular complexity index is 1190. The largest absolute Gasteiger partial charge is 0.481 e. The lowest BCUT2D eigenvalue weighted by Gasteiger charge is -2.14. The summed E-state index contributed by atoms with van der Waals surface area (Å²) >= 11 is 1.12. The number of carbonyl (C=O) groups excluding carboxylic acids is 3. The van der Waals surface area contributed by atoms with Gasteiger partial charge in [-0.25, -0.2) is 4.79 Å². The number of aliphatic carboxylic acids is 1. The Hall–Kier alpha value is -4.18. The summed E-state index contributed by atoms with van der Waals surface area (Å²) in [7, 11) is 0. The third-order valence-corrected chi connectivity index (χ3v) is 6.28. The van der Waals surface area contributed by atoms with Crippen LogP contribution >= 0.6 is 11.3 Å². The summed E-state index contributed by atoms with van der Waals surface area (Å²) in [6, 6.07) is 19.4. The number of carbonyl (C=O) groups is 4. The number of urea groups is 1. The van der Waals surface area contributed by atoms with Crippen LogP contribution in [0.25, 0.3) is 0 Å². The fourth-order valence-electron chi connectivity index (χ4n) is 3.29. The molecule has 188 valence electrons. The molecule has 3 aromatic rings. The standard InChI is InChI=1S/C26H28N4O5S/c1-17-7-9-19(10-8-17)20(25(33)34)16-28-22(31)13-14-27-24(32)21-11-12-23(36-21)30-26(35)29-15-18-5-3-2-4-6-18/h2-12,20H,13-16H2,1H3,(H,27,32)(H,28,31)(H,33,34)(H2,29,30,35). The lowest BCUT2D eigenvalue weighted by atomic mass is 9.98. The van der Waals surface area contributed by atoms with Crippen molar-refractivity contribution in [2.45, 2.75) is 25.8 Å². The molecule has 0 spiro atoms. The first-order valence-corrected chi connectivity index (χ1v) is 12.2. The molecule has 0 saturated heterocycles. The van der Waals surface area contributed by atoms with Crippen LogP contribution in [0, 0.1) is 6.92 Å². The lowest BCUT2D eigenvalue weighted by molar-refractivity contribution is -0.138. The van der Waals surface area contributed by atoms with E-state index < -0.39 is 11.9 Å². The summed E-state index contributed by atoms with van der Waals surface area (Å²) in [5.74, 6) is -2.61. The van der Waals surface area contributed by atoms with E-state index in [9.17, 15) is 24.3 Å². The van der Waals surface area contributed by atoms with Crippen molar-refractivity contribution in [3.05, 3.63) is 88.3 Å². The van der Waals surface area contributed by atoms with E-state index in [1.165, 1.54) is 0 Å². The molecule has 0 aliphatic heterocycles. The Morgan fingerprint density at radius 2 is 1.61 bits per heavy atom. The predicted octanol–water partition coefficient (Wildman–Crippen LogP) is 3.48. The molecule has 0 bridgehead atoms. The van der Waals surface area contributed by atoms with E-state index in [1.54, 1.807) is 24.3 Å². The highest BCUT2D eigenvalue weighted by Crippen LogP contribution is 2.21. The van der Waals surface area contributed by atoms with Crippen LogP contribution in [0.4, 0.5) is 9.80 Å². The average molecular weight is 509 g/mol. The number of aryl methyl sites for hydroxylation is 1. The molecule has 0 aliphatic carbocycles. The number of hydrogen-bond donors (Lipinski definition) is 5. The van der Waals surface area contributed by atoms with Crippen LogP contribution in [-0.4, -0.2) is 42.0 Å². The van der Waals surface area contributed by atoms with E-state index >= 15 is 0 Å². The second-order valence-corrected chi connectivity index (χ2v) is 9.15. The van der Waals surface area contributed by atoms with E-state index in [0.29, 0.717) is 22.0 Å². The fourth-order valence-corrected chi connectivity index (χ4v) is 4.11. The van der Waals surface area contributed by atoms with E-state index in [-0.39, 0.29) is 37.4 Å². The van der Waals surface area contributed by atoms with Crippen molar-refractivity contribution in [3.8, 4) is 0 Å². The lowest BCUT2D eigenvalue weighted by Crippen LogP contribution is -2.34. The van der Waals surface area contributed by atoms with Gasteiger partial charge in [0.05, 0.1) is 15.8 Å². The van der Waals surface area contributed by atoms with Gasteiger partial charge in [-0.3, -0.25) is 19.7 Å². The van der Waals surface area contributed by atoms with Crippen molar-refractivity contribution >= 4 is 40.2 Å². The molecule has 5 N–H and O–H groups in total. The highest BCUT2D eigenvalue weighted by atomic mass is 32.1. The minimum atomic E-state index is -1.02. The highest BCUT2D eigenvalue weighted by Gasteiger charge is 2.20. The van der Waals surface area contributed by atoms with Gasteiger partial charge in [-0.2, -0.15) is 0 Å². The van der Waals surface area contributed by atoms with Crippen LogP contribution < -0.4 is 21.3 Å². The second kappa shape index (κ2) is 13.1. The van der Waals surface area contributed by atoms with Crippen molar-refractivity contribution in [1.82, 2.24) is 16.0 Å². The fraction of sp³-hybridized carbons (Fsp3) is 0.231. The van der Waals surface area contributed by atoms with E-state index in [4.69, 9.17) is 0 Å². The van der Waals surface area contributed by atoms with E-state index in [1.807, 2.05) is 49.4 Å². The molecule has 0 radical (unpaired) electrons. The first-order chi connectivity index (χ1) is 17.3. The molecule has 10 heteroatoms. The Morgan fingerprint density at radius 1 is 0.889 bits per heavy atom. The van der Waals surface area contributed by atoms with Crippen LogP contribution in [0.3, 0.4) is 0 Å². The van der Waals surface area contributed by atoms with Crippen molar-refractivity contribution in [2.24, 2.45) is 0 Å². The molecule has 4 amide bonds. The van der Waals surface area contributed by atoms with Crippen LogP contribution in [0.2, 0.25) is 0 Å². The summed E-state index contributed by atoms with van der Waals surface area (Å²) in [6.07, 6.45) is 0.00432. The van der Waals surface area contributed by atoms with Crippen LogP contribution in [0.15, 0.2) is 66.7 Å². The summed E-state index contributed by atoms with van der Waals surface area (Å²) in [4.78, 5) is 48.6. The maximum absolute atomic E-state index is 12.4.